The monoisotopic (exact) mass is 571 g/mol. The Balaban J connectivity index is 1.40. The summed E-state index contributed by atoms with van der Waals surface area (Å²) in [6.45, 7) is 5.50. The molecular weight excluding hydrogens is 526 g/mol. The quantitative estimate of drug-likeness (QED) is 0.190. The number of amidine groups is 2. The van der Waals surface area contributed by atoms with E-state index in [0.29, 0.717) is 13.1 Å². The molecule has 0 aromatic heterocycles. The van der Waals surface area contributed by atoms with Crippen LogP contribution in [0.1, 0.15) is 70.8 Å². The number of rotatable bonds is 18. The summed E-state index contributed by atoms with van der Waals surface area (Å²) in [6.07, 6.45) is 9.74. The molecule has 0 saturated carbocycles. The van der Waals surface area contributed by atoms with E-state index in [1.54, 1.807) is 0 Å². The third kappa shape index (κ3) is 12.1. The fourth-order valence-electron chi connectivity index (χ4n) is 4.37. The summed E-state index contributed by atoms with van der Waals surface area (Å²) < 4.78 is 35.9. The molecule has 0 saturated heterocycles. The second kappa shape index (κ2) is 17.0. The fourth-order valence-corrected chi connectivity index (χ4v) is 5.20. The van der Waals surface area contributed by atoms with Crippen molar-refractivity contribution in [2.75, 3.05) is 25.0 Å². The van der Waals surface area contributed by atoms with Crippen LogP contribution in [0.25, 0.3) is 0 Å². The zero-order valence-corrected chi connectivity index (χ0v) is 24.6. The van der Waals surface area contributed by atoms with Gasteiger partial charge in [0, 0.05) is 24.8 Å². The largest absolute Gasteiger partial charge is 0.491 e. The van der Waals surface area contributed by atoms with Crippen molar-refractivity contribution in [3.8, 4) is 5.75 Å². The number of hydrogen-bond acceptors (Lipinski definition) is 7. The molecule has 220 valence electrons. The summed E-state index contributed by atoms with van der Waals surface area (Å²) in [5, 5.41) is 16.7. The van der Waals surface area contributed by atoms with Gasteiger partial charge in [0.2, 0.25) is 0 Å². The Kier molecular flexibility index (Phi) is 13.4. The van der Waals surface area contributed by atoms with Crippen molar-refractivity contribution in [3.05, 3.63) is 60.2 Å². The van der Waals surface area contributed by atoms with Gasteiger partial charge in [0.25, 0.3) is 0 Å². The first-order valence-corrected chi connectivity index (χ1v) is 15.9. The summed E-state index contributed by atoms with van der Waals surface area (Å²) in [6, 6.07) is 17.4. The summed E-state index contributed by atoms with van der Waals surface area (Å²) in [4.78, 5) is 4.46. The van der Waals surface area contributed by atoms with E-state index in [2.05, 4.69) is 38.6 Å². The van der Waals surface area contributed by atoms with E-state index >= 15 is 0 Å². The number of nitrogens with zero attached hydrogens (tertiary/aromatic N) is 2. The molecule has 40 heavy (non-hydrogen) atoms. The predicted octanol–water partition coefficient (Wildman–Crippen LogP) is 4.84. The smallest absolute Gasteiger partial charge is 0.345 e. The Hall–Kier alpha value is -2.95. The number of aliphatic hydroxyl groups is 1. The molecule has 4 N–H and O–H groups in total. The summed E-state index contributed by atoms with van der Waals surface area (Å²) >= 11 is 0. The van der Waals surface area contributed by atoms with E-state index in [-0.39, 0.29) is 24.3 Å². The lowest BCUT2D eigenvalue weighted by Crippen LogP contribution is -2.37. The number of hydrogen-bond donors (Lipinski definition) is 4. The Morgan fingerprint density at radius 3 is 2.35 bits per heavy atom. The van der Waals surface area contributed by atoms with Crippen molar-refractivity contribution >= 4 is 27.6 Å². The molecule has 10 heteroatoms. The van der Waals surface area contributed by atoms with E-state index in [1.807, 2.05) is 54.6 Å². The molecule has 0 amide bonds. The number of nitrogens with one attached hydrogen (secondary N) is 3. The van der Waals surface area contributed by atoms with Crippen molar-refractivity contribution < 1.29 is 18.3 Å². The van der Waals surface area contributed by atoms with Crippen LogP contribution in [0.4, 0.5) is 5.69 Å². The molecule has 0 aliphatic carbocycles. The third-order valence-electron chi connectivity index (χ3n) is 6.59. The number of benzene rings is 2. The van der Waals surface area contributed by atoms with Crippen LogP contribution in [0.3, 0.4) is 0 Å². The number of unbranched alkanes of at least 4 members (excludes halogenated alkanes) is 7. The predicted molar refractivity (Wildman–Crippen MR) is 164 cm³/mol. The molecule has 0 fully saturated rings. The van der Waals surface area contributed by atoms with Gasteiger partial charge in [-0.15, -0.1) is 4.40 Å². The van der Waals surface area contributed by atoms with Gasteiger partial charge in [-0.25, -0.2) is 4.72 Å². The molecule has 1 aliphatic rings. The highest BCUT2D eigenvalue weighted by atomic mass is 32.2. The Labute approximate surface area is 239 Å². The van der Waals surface area contributed by atoms with Gasteiger partial charge in [-0.05, 0) is 49.6 Å². The number of aliphatic imine (C=N–C) groups is 1. The molecule has 0 spiro atoms. The standard InChI is InChI=1S/C30H45N5O4S/c1-3-4-5-6-7-8-9-13-20-31-29-30(35-40(37,38)34-29)33-26-18-16-25(17-19-26)21-24(2)32-22-27(36)23-39-28-14-11-10-12-15-28/h10-12,14-19,24,27,32,36H,3-9,13,20-23H2,1-2H3,(H,31,34)(H,33,35)/t24?,27-/m0/s1. The van der Waals surface area contributed by atoms with Crippen LogP contribution in [0.5, 0.6) is 5.75 Å². The molecule has 1 unspecified atom stereocenters. The van der Waals surface area contributed by atoms with Gasteiger partial charge in [-0.1, -0.05) is 82.2 Å². The first-order chi connectivity index (χ1) is 19.3. The topological polar surface area (TPSA) is 124 Å². The Morgan fingerprint density at radius 2 is 1.65 bits per heavy atom. The summed E-state index contributed by atoms with van der Waals surface area (Å²) in [5.41, 5.74) is 1.85. The lowest BCUT2D eigenvalue weighted by molar-refractivity contribution is 0.104. The highest BCUT2D eigenvalue weighted by Crippen LogP contribution is 2.14. The minimum atomic E-state index is -3.78. The summed E-state index contributed by atoms with van der Waals surface area (Å²) in [5.74, 6) is 1.22. The van der Waals surface area contributed by atoms with Gasteiger partial charge in [-0.2, -0.15) is 8.42 Å². The molecule has 2 aromatic carbocycles. The zero-order valence-electron chi connectivity index (χ0n) is 23.8. The van der Waals surface area contributed by atoms with E-state index in [4.69, 9.17) is 4.74 Å². The van der Waals surface area contributed by atoms with E-state index in [9.17, 15) is 13.5 Å². The van der Waals surface area contributed by atoms with Gasteiger partial charge >= 0.3 is 10.2 Å². The van der Waals surface area contributed by atoms with Crippen molar-refractivity contribution in [2.24, 2.45) is 9.39 Å². The third-order valence-corrected chi connectivity index (χ3v) is 7.46. The fraction of sp³-hybridized carbons (Fsp3) is 0.533. The van der Waals surface area contributed by atoms with Crippen LogP contribution in [0.15, 0.2) is 64.0 Å². The van der Waals surface area contributed by atoms with Crippen LogP contribution in [0.2, 0.25) is 0 Å². The maximum Gasteiger partial charge on any atom is 0.345 e. The zero-order chi connectivity index (χ0) is 28.6. The van der Waals surface area contributed by atoms with Crippen LogP contribution in [0, 0.1) is 0 Å². The Bertz CT molecular complexity index is 1170. The number of anilines is 1. The van der Waals surface area contributed by atoms with Gasteiger partial charge in [0.1, 0.15) is 18.5 Å². The lowest BCUT2D eigenvalue weighted by atomic mass is 10.1. The molecule has 2 aromatic rings. The van der Waals surface area contributed by atoms with Gasteiger partial charge in [0.05, 0.1) is 0 Å². The first-order valence-electron chi connectivity index (χ1n) is 14.5. The summed E-state index contributed by atoms with van der Waals surface area (Å²) in [7, 11) is -3.78. The average Bonchev–Trinajstić information content (AvgIpc) is 3.24. The Morgan fingerprint density at radius 1 is 0.975 bits per heavy atom. The van der Waals surface area contributed by atoms with Crippen molar-refractivity contribution in [3.63, 3.8) is 0 Å². The molecule has 1 aliphatic heterocycles. The number of aliphatic hydroxyl groups excluding tert-OH is 1. The SMILES string of the molecule is CCCCCCCCCCN=C1NS(=O)(=O)N=C1Nc1ccc(CC(C)NC[C@H](O)COc2ccccc2)cc1. The highest BCUT2D eigenvalue weighted by molar-refractivity contribution is 7.89. The van der Waals surface area contributed by atoms with E-state index in [0.717, 1.165) is 36.3 Å². The van der Waals surface area contributed by atoms with Crippen LogP contribution in [-0.2, 0) is 16.6 Å². The minimum absolute atomic E-state index is 0.147. The van der Waals surface area contributed by atoms with Crippen molar-refractivity contribution in [1.29, 1.82) is 0 Å². The highest BCUT2D eigenvalue weighted by Gasteiger charge is 2.26. The average molecular weight is 572 g/mol. The van der Waals surface area contributed by atoms with Crippen molar-refractivity contribution in [1.82, 2.24) is 10.0 Å². The lowest BCUT2D eigenvalue weighted by Gasteiger charge is -2.18. The minimum Gasteiger partial charge on any atom is -0.491 e. The molecular formula is C30H45N5O4S. The maximum atomic E-state index is 12.0. The van der Waals surface area contributed by atoms with Crippen LogP contribution >= 0.6 is 0 Å². The molecule has 3 rings (SSSR count). The number of para-hydroxylation sites is 1. The molecule has 1 heterocycles. The van der Waals surface area contributed by atoms with Crippen molar-refractivity contribution in [2.45, 2.75) is 83.8 Å². The van der Waals surface area contributed by atoms with Gasteiger partial charge in [0.15, 0.2) is 11.7 Å². The van der Waals surface area contributed by atoms with Gasteiger partial charge in [-0.3, -0.25) is 4.99 Å². The second-order valence-electron chi connectivity index (χ2n) is 10.3. The van der Waals surface area contributed by atoms with Gasteiger partial charge < -0.3 is 20.5 Å². The normalized spacial score (nSPS) is 16.8. The molecule has 0 radical (unpaired) electrons. The maximum absolute atomic E-state index is 12.0. The molecule has 9 nitrogen and oxygen atoms in total. The molecule has 2 atom stereocenters. The number of ether oxygens (including phenoxy) is 1. The second-order valence-corrected chi connectivity index (χ2v) is 11.7. The van der Waals surface area contributed by atoms with Crippen LogP contribution in [-0.4, -0.2) is 57.0 Å². The van der Waals surface area contributed by atoms with E-state index < -0.39 is 16.3 Å². The van der Waals surface area contributed by atoms with Crippen LogP contribution < -0.4 is 20.1 Å². The van der Waals surface area contributed by atoms with E-state index in [1.165, 1.54) is 38.5 Å². The molecule has 0 bridgehead atoms. The first kappa shape index (κ1) is 31.6.